The minimum Gasteiger partial charge on any atom is -0.484 e. The van der Waals surface area contributed by atoms with Gasteiger partial charge >= 0.3 is 0 Å². The zero-order chi connectivity index (χ0) is 18.2. The topological polar surface area (TPSA) is 63.7 Å². The number of carbonyl (C=O) groups excluding carboxylic acids is 1. The largest absolute Gasteiger partial charge is 0.484 e. The Bertz CT molecular complexity index is 926. The second-order valence-corrected chi connectivity index (χ2v) is 8.36. The van der Waals surface area contributed by atoms with Gasteiger partial charge < -0.3 is 4.74 Å². The lowest BCUT2D eigenvalue weighted by Gasteiger charge is -2.21. The molecule has 5 nitrogen and oxygen atoms in total. The van der Waals surface area contributed by atoms with Gasteiger partial charge in [-0.2, -0.15) is 0 Å². The zero-order valence-electron chi connectivity index (χ0n) is 13.9. The van der Waals surface area contributed by atoms with Crippen molar-refractivity contribution >= 4 is 33.1 Å². The minimum atomic E-state index is -3.34. The number of hydrogen-bond donors (Lipinski definition) is 0. The summed E-state index contributed by atoms with van der Waals surface area (Å²) in [5.74, 6) is 0.267. The second-order valence-electron chi connectivity index (χ2n) is 6.10. The molecule has 0 unspecified atom stereocenters. The number of nitrogens with zero attached hydrogens (tertiary/aromatic N) is 1. The maximum absolute atomic E-state index is 12.4. The predicted molar refractivity (Wildman–Crippen MR) is 98.2 cm³/mol. The average Bonchev–Trinajstić information content (AvgIpc) is 2.88. The monoisotopic (exact) mass is 379 g/mol. The van der Waals surface area contributed by atoms with Gasteiger partial charge in [0, 0.05) is 11.6 Å². The molecule has 25 heavy (non-hydrogen) atoms. The van der Waals surface area contributed by atoms with E-state index < -0.39 is 10.0 Å². The van der Waals surface area contributed by atoms with Crippen LogP contribution in [-0.2, 0) is 16.4 Å². The first-order valence-electron chi connectivity index (χ1n) is 7.80. The van der Waals surface area contributed by atoms with E-state index in [1.807, 2.05) is 6.92 Å². The molecule has 0 aliphatic carbocycles. The van der Waals surface area contributed by atoms with Crippen molar-refractivity contribution in [1.29, 1.82) is 0 Å². The van der Waals surface area contributed by atoms with Gasteiger partial charge in [-0.25, -0.2) is 8.42 Å². The maximum atomic E-state index is 12.4. The molecule has 1 aliphatic rings. The smallest absolute Gasteiger partial charge is 0.232 e. The molecule has 0 bridgehead atoms. The van der Waals surface area contributed by atoms with Gasteiger partial charge in [-0.3, -0.25) is 9.10 Å². The Kier molecular flexibility index (Phi) is 4.75. The van der Waals surface area contributed by atoms with Crippen LogP contribution in [0, 0.1) is 0 Å². The molecule has 0 radical (unpaired) electrons. The normalized spacial score (nSPS) is 16.6. The molecule has 1 atom stereocenters. The van der Waals surface area contributed by atoms with Crippen molar-refractivity contribution in [1.82, 2.24) is 0 Å². The molecule has 2 aromatic carbocycles. The Balaban J connectivity index is 1.78. The molecule has 3 rings (SSSR count). The SMILES string of the molecule is C[C@H]1Cc2cc(C(=O)COc3ccccc3Cl)ccc2N1S(C)(=O)=O. The lowest BCUT2D eigenvalue weighted by Crippen LogP contribution is -2.34. The maximum Gasteiger partial charge on any atom is 0.232 e. The number of Topliss-reactive ketones (excluding diaryl/α,β-unsaturated/α-hetero) is 1. The van der Waals surface area contributed by atoms with Crippen LogP contribution in [0.5, 0.6) is 5.75 Å². The van der Waals surface area contributed by atoms with E-state index in [4.69, 9.17) is 16.3 Å². The van der Waals surface area contributed by atoms with Crippen molar-refractivity contribution in [2.24, 2.45) is 0 Å². The third-order valence-corrected chi connectivity index (χ3v) is 5.69. The molecular formula is C18H18ClNO4S. The van der Waals surface area contributed by atoms with Gasteiger partial charge in [0.05, 0.1) is 17.0 Å². The number of anilines is 1. The summed E-state index contributed by atoms with van der Waals surface area (Å²) in [5.41, 5.74) is 1.98. The van der Waals surface area contributed by atoms with Crippen LogP contribution in [0.4, 0.5) is 5.69 Å². The van der Waals surface area contributed by atoms with Gasteiger partial charge in [-0.05, 0) is 49.2 Å². The van der Waals surface area contributed by atoms with Gasteiger partial charge in [-0.1, -0.05) is 23.7 Å². The van der Waals surface area contributed by atoms with Crippen molar-refractivity contribution in [2.75, 3.05) is 17.2 Å². The van der Waals surface area contributed by atoms with E-state index in [0.717, 1.165) is 5.56 Å². The Labute approximate surface area is 152 Å². The Hall–Kier alpha value is -2.05. The first kappa shape index (κ1) is 17.8. The van der Waals surface area contributed by atoms with E-state index in [0.29, 0.717) is 28.4 Å². The fourth-order valence-electron chi connectivity index (χ4n) is 3.07. The summed E-state index contributed by atoms with van der Waals surface area (Å²) in [6.45, 7) is 1.72. The van der Waals surface area contributed by atoms with Crippen LogP contribution in [-0.4, -0.2) is 33.1 Å². The molecule has 0 N–H and O–H groups in total. The van der Waals surface area contributed by atoms with E-state index in [-0.39, 0.29) is 18.4 Å². The van der Waals surface area contributed by atoms with E-state index in [1.165, 1.54) is 10.6 Å². The number of sulfonamides is 1. The molecule has 0 aromatic heterocycles. The van der Waals surface area contributed by atoms with Crippen LogP contribution >= 0.6 is 11.6 Å². The number of ether oxygens (including phenoxy) is 1. The highest BCUT2D eigenvalue weighted by Gasteiger charge is 2.32. The molecule has 7 heteroatoms. The molecule has 0 spiro atoms. The lowest BCUT2D eigenvalue weighted by molar-refractivity contribution is 0.0921. The summed E-state index contributed by atoms with van der Waals surface area (Å²) in [4.78, 5) is 12.4. The first-order chi connectivity index (χ1) is 11.8. The number of benzene rings is 2. The standard InChI is InChI=1S/C18H18ClNO4S/c1-12-9-14-10-13(7-8-16(14)20(12)25(2,22)23)17(21)11-24-18-6-4-3-5-15(18)19/h3-8,10,12H,9,11H2,1-2H3/t12-/m0/s1. The summed E-state index contributed by atoms with van der Waals surface area (Å²) in [6.07, 6.45) is 1.77. The molecular weight excluding hydrogens is 362 g/mol. The van der Waals surface area contributed by atoms with Gasteiger partial charge in [0.25, 0.3) is 0 Å². The molecule has 132 valence electrons. The van der Waals surface area contributed by atoms with E-state index in [2.05, 4.69) is 0 Å². The number of rotatable bonds is 5. The highest BCUT2D eigenvalue weighted by atomic mass is 35.5. The van der Waals surface area contributed by atoms with Crippen molar-refractivity contribution < 1.29 is 17.9 Å². The van der Waals surface area contributed by atoms with Crippen LogP contribution in [0.1, 0.15) is 22.8 Å². The quantitative estimate of drug-likeness (QED) is 0.747. The fourth-order valence-corrected chi connectivity index (χ4v) is 4.52. The number of para-hydroxylation sites is 1. The summed E-state index contributed by atoms with van der Waals surface area (Å²) >= 11 is 6.01. The molecule has 0 amide bonds. The van der Waals surface area contributed by atoms with Gasteiger partial charge in [0.2, 0.25) is 10.0 Å². The van der Waals surface area contributed by atoms with E-state index >= 15 is 0 Å². The predicted octanol–water partition coefficient (Wildman–Crippen LogP) is 3.31. The molecule has 0 saturated carbocycles. The van der Waals surface area contributed by atoms with Gasteiger partial charge in [-0.15, -0.1) is 0 Å². The second kappa shape index (κ2) is 6.69. The van der Waals surface area contributed by atoms with E-state index in [1.54, 1.807) is 42.5 Å². The third kappa shape index (κ3) is 3.65. The van der Waals surface area contributed by atoms with Crippen LogP contribution in [0.15, 0.2) is 42.5 Å². The summed E-state index contributed by atoms with van der Waals surface area (Å²) < 4.78 is 30.8. The molecule has 1 aliphatic heterocycles. The highest BCUT2D eigenvalue weighted by Crippen LogP contribution is 2.34. The van der Waals surface area contributed by atoms with Gasteiger partial charge in [0.1, 0.15) is 5.75 Å². The van der Waals surface area contributed by atoms with E-state index in [9.17, 15) is 13.2 Å². The van der Waals surface area contributed by atoms with Crippen molar-refractivity contribution in [3.05, 3.63) is 58.6 Å². The first-order valence-corrected chi connectivity index (χ1v) is 10.0. The number of ketones is 1. The third-order valence-electron chi connectivity index (χ3n) is 4.11. The molecule has 0 fully saturated rings. The Morgan fingerprint density at radius 3 is 2.68 bits per heavy atom. The number of fused-ring (bicyclic) bond motifs is 1. The van der Waals surface area contributed by atoms with Crippen molar-refractivity contribution in [3.63, 3.8) is 0 Å². The summed E-state index contributed by atoms with van der Waals surface area (Å²) in [7, 11) is -3.34. The Morgan fingerprint density at radius 1 is 1.28 bits per heavy atom. The van der Waals surface area contributed by atoms with Crippen LogP contribution < -0.4 is 9.04 Å². The van der Waals surface area contributed by atoms with Gasteiger partial charge in [0.15, 0.2) is 12.4 Å². The van der Waals surface area contributed by atoms with Crippen molar-refractivity contribution in [2.45, 2.75) is 19.4 Å². The molecule has 1 heterocycles. The molecule has 0 saturated heterocycles. The Morgan fingerprint density at radius 2 is 2.00 bits per heavy atom. The van der Waals surface area contributed by atoms with Crippen LogP contribution in [0.2, 0.25) is 5.02 Å². The zero-order valence-corrected chi connectivity index (χ0v) is 15.5. The lowest BCUT2D eigenvalue weighted by atomic mass is 10.0. The van der Waals surface area contributed by atoms with Crippen LogP contribution in [0.3, 0.4) is 0 Å². The minimum absolute atomic E-state index is 0.131. The molecule has 2 aromatic rings. The fraction of sp³-hybridized carbons (Fsp3) is 0.278. The highest BCUT2D eigenvalue weighted by molar-refractivity contribution is 7.92. The van der Waals surface area contributed by atoms with Crippen molar-refractivity contribution in [3.8, 4) is 5.75 Å². The number of hydrogen-bond acceptors (Lipinski definition) is 4. The number of halogens is 1. The average molecular weight is 380 g/mol. The number of carbonyl (C=O) groups is 1. The summed E-state index contributed by atoms with van der Waals surface area (Å²) in [5, 5.41) is 0.446. The van der Waals surface area contributed by atoms with Crippen LogP contribution in [0.25, 0.3) is 0 Å². The summed E-state index contributed by atoms with van der Waals surface area (Å²) in [6, 6.07) is 11.9.